The van der Waals surface area contributed by atoms with E-state index < -0.39 is 118 Å². The third-order valence-corrected chi connectivity index (χ3v) is 17.9. The summed E-state index contributed by atoms with van der Waals surface area (Å²) in [6.07, 6.45) is 1.13. The Balaban J connectivity index is 0.778. The van der Waals surface area contributed by atoms with Crippen LogP contribution >= 0.6 is 15.0 Å². The number of H-pyrrole nitrogens is 1. The van der Waals surface area contributed by atoms with Crippen LogP contribution in [0.2, 0.25) is 0 Å². The number of carbonyl (C=O) groups excluding carboxylic acids is 8. The number of fused-ring (bicyclic) bond motifs is 4. The van der Waals surface area contributed by atoms with Gasteiger partial charge in [0.25, 0.3) is 23.3 Å². The van der Waals surface area contributed by atoms with Crippen molar-refractivity contribution < 1.29 is 85.2 Å². The number of carbonyl (C=O) groups is 8. The van der Waals surface area contributed by atoms with Crippen LogP contribution < -0.4 is 42.6 Å². The minimum atomic E-state index is -4.03. The molecule has 3 fully saturated rings. The summed E-state index contributed by atoms with van der Waals surface area (Å²) < 4.78 is 55.6. The second kappa shape index (κ2) is 32.0. The number of aromatic nitrogens is 6. The Hall–Kier alpha value is -8.56. The minimum absolute atomic E-state index is 0.0751. The number of aliphatic hydroxyl groups is 1. The number of anilines is 2. The Bertz CT molecular complexity index is 3740. The molecule has 502 valence electrons. The van der Waals surface area contributed by atoms with E-state index in [0.29, 0.717) is 48.4 Å². The first-order valence-electron chi connectivity index (χ1n) is 30.0. The second-order valence-electron chi connectivity index (χ2n) is 22.8. The van der Waals surface area contributed by atoms with E-state index in [0.717, 1.165) is 4.90 Å². The summed E-state index contributed by atoms with van der Waals surface area (Å²) >= 11 is 5.37. The molecule has 3 aliphatic heterocycles. The number of benzene rings is 2. The molecule has 36 heteroatoms. The third-order valence-electron chi connectivity index (χ3n) is 15.6. The molecule has 11 atom stereocenters. The van der Waals surface area contributed by atoms with Crippen molar-refractivity contribution in [2.24, 2.45) is 17.6 Å². The van der Waals surface area contributed by atoms with Gasteiger partial charge in [0.2, 0.25) is 29.5 Å². The Morgan fingerprint density at radius 2 is 1.70 bits per heavy atom. The average molecular weight is 1360 g/mol. The zero-order valence-electron chi connectivity index (χ0n) is 51.1. The van der Waals surface area contributed by atoms with Crippen LogP contribution in [0, 0.1) is 11.8 Å². The lowest BCUT2D eigenvalue weighted by molar-refractivity contribution is -0.137. The molecule has 94 heavy (non-hydrogen) atoms. The van der Waals surface area contributed by atoms with Gasteiger partial charge in [0.05, 0.1) is 19.0 Å². The Morgan fingerprint density at radius 3 is 2.44 bits per heavy atom. The highest BCUT2D eigenvalue weighted by Gasteiger charge is 2.53. The number of nitrogens with one attached hydrogen (secondary N) is 6. The molecule has 0 spiro atoms. The van der Waals surface area contributed by atoms with E-state index >= 15 is 0 Å². The van der Waals surface area contributed by atoms with Crippen molar-refractivity contribution in [3.63, 3.8) is 0 Å². The van der Waals surface area contributed by atoms with Gasteiger partial charge in [-0.25, -0.2) is 24.5 Å². The smallest absolute Gasteiger partial charge is 0.474 e. The number of rotatable bonds is 25. The first-order valence-corrected chi connectivity index (χ1v) is 33.7. The van der Waals surface area contributed by atoms with E-state index in [-0.39, 0.29) is 98.9 Å². The Kier molecular flexibility index (Phi) is 23.8. The van der Waals surface area contributed by atoms with Crippen molar-refractivity contribution in [3.8, 4) is 5.88 Å². The molecular formula is C58H71N14O19P2S+. The van der Waals surface area contributed by atoms with Crippen LogP contribution in [0.3, 0.4) is 0 Å². The molecule has 9 rings (SSSR count). The Morgan fingerprint density at radius 1 is 0.936 bits per heavy atom. The molecule has 33 nitrogen and oxygen atoms in total. The van der Waals surface area contributed by atoms with Gasteiger partial charge in [0, 0.05) is 85.7 Å². The van der Waals surface area contributed by atoms with Crippen LogP contribution in [0.1, 0.15) is 92.9 Å². The van der Waals surface area contributed by atoms with Gasteiger partial charge in [-0.1, -0.05) is 50.6 Å². The number of nitrogens with zero attached hydrogens (tertiary/aromatic N) is 7. The SMILES string of the molecule is CC(C)C(NC(=O)CCCCCN1C(=O)C=CC1=O)C(=O)N[C@@H](CCCNC(N)=O)C(=O)Nc1ccc(COC(=O)N(C)Cc2ccccc2C(=O)Nc2nc3c(ncn3[C@@H]3O[C@@H]4COP(O)(=S)O[C@H]5C[C@H](Oc6ccncn6)C[C@@H]5CO[P+](=O)O[C@@H]3[C@@H]4O)c(=O)[nH]2)cc1. The number of imidazole rings is 1. The quantitative estimate of drug-likeness (QED) is 0.0230. The van der Waals surface area contributed by atoms with Crippen molar-refractivity contribution in [2.45, 2.75) is 127 Å². The van der Waals surface area contributed by atoms with Crippen molar-refractivity contribution >= 4 is 97.1 Å². The Labute approximate surface area is 542 Å². The fraction of sp³-hybridized carbons (Fsp3) is 0.466. The van der Waals surface area contributed by atoms with Crippen molar-refractivity contribution in [1.29, 1.82) is 0 Å². The van der Waals surface area contributed by atoms with Gasteiger partial charge in [-0.15, -0.1) is 9.05 Å². The summed E-state index contributed by atoms with van der Waals surface area (Å²) in [5.74, 6) is -4.05. The number of hydrogen-bond acceptors (Lipinski definition) is 23. The zero-order valence-corrected chi connectivity index (χ0v) is 53.7. The molecule has 10 N–H and O–H groups in total. The number of amides is 9. The van der Waals surface area contributed by atoms with Crippen LogP contribution in [-0.4, -0.2) is 173 Å². The zero-order chi connectivity index (χ0) is 67.2. The van der Waals surface area contributed by atoms with Crippen molar-refractivity contribution in [3.05, 3.63) is 113 Å². The molecular weight excluding hydrogens is 1290 g/mol. The second-order valence-corrected chi connectivity index (χ2v) is 26.5. The van der Waals surface area contributed by atoms with E-state index in [1.54, 1.807) is 62.4 Å². The topological polar surface area (TPSA) is 441 Å². The number of ether oxygens (including phenoxy) is 3. The molecule has 6 heterocycles. The highest BCUT2D eigenvalue weighted by molar-refractivity contribution is 8.07. The van der Waals surface area contributed by atoms with E-state index in [1.165, 1.54) is 53.6 Å². The molecule has 3 unspecified atom stereocenters. The molecule has 2 bridgehead atoms. The number of aromatic amines is 1. The molecule has 1 aliphatic carbocycles. The van der Waals surface area contributed by atoms with Gasteiger partial charge in [-0.2, -0.15) is 4.98 Å². The normalized spacial score (nSPS) is 23.1. The summed E-state index contributed by atoms with van der Waals surface area (Å²) in [7, 11) is -1.52. The molecule has 3 aromatic heterocycles. The molecule has 5 aromatic rings. The minimum Gasteiger partial charge on any atom is -0.474 e. The number of urea groups is 1. The maximum Gasteiger partial charge on any atom is 0.697 e. The first-order chi connectivity index (χ1) is 45.0. The summed E-state index contributed by atoms with van der Waals surface area (Å²) in [5.41, 5.74) is 5.35. The average Bonchev–Trinajstić information content (AvgIpc) is 1.60. The van der Waals surface area contributed by atoms with Crippen LogP contribution in [0.4, 0.5) is 21.2 Å². The fourth-order valence-corrected chi connectivity index (χ4v) is 13.0. The van der Waals surface area contributed by atoms with Crippen molar-refractivity contribution in [2.75, 3.05) is 44.0 Å². The summed E-state index contributed by atoms with van der Waals surface area (Å²) in [5, 5.41) is 24.8. The number of hydrogen-bond donors (Lipinski definition) is 9. The molecule has 9 amide bonds. The number of nitrogens with two attached hydrogens (primary N) is 1. The maximum atomic E-state index is 14.0. The first kappa shape index (κ1) is 69.8. The van der Waals surface area contributed by atoms with E-state index in [9.17, 15) is 57.7 Å². The molecule has 4 aliphatic rings. The van der Waals surface area contributed by atoms with E-state index in [4.69, 9.17) is 49.8 Å². The van der Waals surface area contributed by atoms with Crippen LogP contribution in [0.5, 0.6) is 5.88 Å². The lowest BCUT2D eigenvalue weighted by atomic mass is 10.0. The molecule has 0 radical (unpaired) electrons. The van der Waals surface area contributed by atoms with Gasteiger partial charge in [-0.05, 0) is 79.2 Å². The van der Waals surface area contributed by atoms with Crippen LogP contribution in [0.15, 0.2) is 90.4 Å². The predicted molar refractivity (Wildman–Crippen MR) is 334 cm³/mol. The summed E-state index contributed by atoms with van der Waals surface area (Å²) in [6, 6.07) is 11.3. The number of imide groups is 1. The monoisotopic (exact) mass is 1360 g/mol. The lowest BCUT2D eigenvalue weighted by Gasteiger charge is -2.25. The maximum absolute atomic E-state index is 14.0. The van der Waals surface area contributed by atoms with Crippen LogP contribution in [0.25, 0.3) is 11.2 Å². The lowest BCUT2D eigenvalue weighted by Crippen LogP contribution is -2.54. The predicted octanol–water partition coefficient (Wildman–Crippen LogP) is 3.24. The van der Waals surface area contributed by atoms with Gasteiger partial charge >= 0.3 is 27.1 Å². The number of unbranched alkanes of at least 4 members (excludes halogenated alkanes) is 2. The highest BCUT2D eigenvalue weighted by atomic mass is 32.5. The van der Waals surface area contributed by atoms with Gasteiger partial charge in [0.15, 0.2) is 23.5 Å². The highest BCUT2D eigenvalue weighted by Crippen LogP contribution is 2.51. The molecule has 1 saturated carbocycles. The van der Waals surface area contributed by atoms with Gasteiger partial charge in [-0.3, -0.25) is 53.3 Å². The van der Waals surface area contributed by atoms with Crippen LogP contribution in [-0.2, 0) is 81.1 Å². The standard InChI is InChI=1S/C58H70N14O19P2S/c1-32(2)46(66-42(73)13-5-4-8-23-71-44(74)18-19-45(71)75)53(79)65-39(12-9-21-61-56(59)81)52(78)64-36-16-14-33(15-17-36)27-85-58(82)70(3)26-34-10-6-7-11-38(34)51(77)68-57-67-50-47(54(80)69-57)63-31-72(50)55-49-48(76)41(89-55)29-87-93(84,94)91-40-25-37(88-43-20-22-60-30-62-43)24-35(40)28-86-92(83)90-49/h6-7,10-11,14-20,22,30-32,35,37,39-41,46,48-49,55,76H,4-5,8-9,12-13,21,23-29H2,1-3H3,(H8-,59,61,64,65,66,67,68,69,73,77,78,79,80,81,84,94)/p+1/t35-,37-,39+,40+,41-,46?,48-,49-,55-,93?/m1/s1. The van der Waals surface area contributed by atoms with Gasteiger partial charge < -0.3 is 65.2 Å². The molecule has 2 aromatic carbocycles. The third kappa shape index (κ3) is 18.6. The largest absolute Gasteiger partial charge is 0.697 e. The summed E-state index contributed by atoms with van der Waals surface area (Å²) in [6.45, 7) is -1.28. The fourth-order valence-electron chi connectivity index (χ4n) is 10.7. The summed E-state index contributed by atoms with van der Waals surface area (Å²) in [4.78, 5) is 149. The van der Waals surface area contributed by atoms with Crippen molar-refractivity contribution in [1.82, 2.24) is 55.2 Å². The number of primary amides is 1. The van der Waals surface area contributed by atoms with Gasteiger partial charge in [0.1, 0.15) is 49.9 Å². The van der Waals surface area contributed by atoms with E-state index in [2.05, 4.69) is 51.5 Å². The number of aliphatic hydroxyl groups excluding tert-OH is 1. The van der Waals surface area contributed by atoms with E-state index in [1.807, 2.05) is 0 Å². The molecule has 2 saturated heterocycles.